The minimum Gasteiger partial charge on any atom is -0.341 e. The highest BCUT2D eigenvalue weighted by Crippen LogP contribution is 2.21. The van der Waals surface area contributed by atoms with Gasteiger partial charge in [0.25, 0.3) is 0 Å². The van der Waals surface area contributed by atoms with E-state index in [1.54, 1.807) is 4.68 Å². The molecule has 5 heteroatoms. The van der Waals surface area contributed by atoms with Crippen LogP contribution in [0.3, 0.4) is 0 Å². The Morgan fingerprint density at radius 2 is 2.14 bits per heavy atom. The molecular weight excluding hydrogens is 262 g/mol. The first-order valence-corrected chi connectivity index (χ1v) is 7.40. The Hall–Kier alpha value is -2.14. The molecule has 3 aromatic rings. The van der Waals surface area contributed by atoms with Gasteiger partial charge in [-0.1, -0.05) is 24.3 Å². The molecule has 2 heterocycles. The van der Waals surface area contributed by atoms with Crippen molar-refractivity contribution in [3.8, 4) is 0 Å². The molecule has 1 aromatic carbocycles. The van der Waals surface area contributed by atoms with Crippen LogP contribution in [-0.4, -0.2) is 26.1 Å². The van der Waals surface area contributed by atoms with Gasteiger partial charge < -0.3 is 9.88 Å². The average molecular weight is 283 g/mol. The van der Waals surface area contributed by atoms with E-state index in [1.807, 2.05) is 13.2 Å². The Morgan fingerprint density at radius 3 is 2.90 bits per heavy atom. The van der Waals surface area contributed by atoms with Gasteiger partial charge in [-0.05, 0) is 30.7 Å². The van der Waals surface area contributed by atoms with E-state index < -0.39 is 0 Å². The van der Waals surface area contributed by atoms with E-state index in [1.165, 1.54) is 16.5 Å². The van der Waals surface area contributed by atoms with Crippen LogP contribution in [0.15, 0.2) is 36.7 Å². The maximum absolute atomic E-state index is 4.16. The predicted octanol–water partition coefficient (Wildman–Crippen LogP) is 2.32. The highest BCUT2D eigenvalue weighted by atomic mass is 15.4. The third-order valence-electron chi connectivity index (χ3n) is 3.63. The lowest BCUT2D eigenvalue weighted by Gasteiger charge is -2.07. The van der Waals surface area contributed by atoms with Crippen molar-refractivity contribution < 1.29 is 0 Å². The second-order valence-electron chi connectivity index (χ2n) is 5.35. The molecule has 0 fully saturated rings. The first-order chi connectivity index (χ1) is 10.3. The van der Waals surface area contributed by atoms with Crippen molar-refractivity contribution in [2.45, 2.75) is 26.4 Å². The summed E-state index contributed by atoms with van der Waals surface area (Å²) >= 11 is 0. The first-order valence-electron chi connectivity index (χ1n) is 7.40. The van der Waals surface area contributed by atoms with Crippen LogP contribution in [0.2, 0.25) is 0 Å². The van der Waals surface area contributed by atoms with Crippen molar-refractivity contribution in [3.63, 3.8) is 0 Å². The molecular formula is C16H21N5. The van der Waals surface area contributed by atoms with Crippen molar-refractivity contribution >= 4 is 10.9 Å². The van der Waals surface area contributed by atoms with E-state index in [-0.39, 0.29) is 0 Å². The van der Waals surface area contributed by atoms with E-state index in [2.05, 4.69) is 57.6 Å². The van der Waals surface area contributed by atoms with E-state index >= 15 is 0 Å². The van der Waals surface area contributed by atoms with Gasteiger partial charge in [-0.2, -0.15) is 0 Å². The molecule has 0 bridgehead atoms. The van der Waals surface area contributed by atoms with Gasteiger partial charge in [0, 0.05) is 36.9 Å². The van der Waals surface area contributed by atoms with Gasteiger partial charge in [0.15, 0.2) is 0 Å². The molecule has 110 valence electrons. The van der Waals surface area contributed by atoms with Crippen LogP contribution in [0.5, 0.6) is 0 Å². The van der Waals surface area contributed by atoms with Crippen LogP contribution < -0.4 is 5.32 Å². The number of nitrogens with zero attached hydrogens (tertiary/aromatic N) is 4. The lowest BCUT2D eigenvalue weighted by Crippen LogP contribution is -2.13. The van der Waals surface area contributed by atoms with Crippen LogP contribution in [0, 0.1) is 0 Å². The molecule has 0 amide bonds. The number of rotatable bonds is 6. The minimum atomic E-state index is 0.753. The number of aromatic nitrogens is 4. The average Bonchev–Trinajstić information content (AvgIpc) is 3.07. The van der Waals surface area contributed by atoms with Crippen molar-refractivity contribution in [3.05, 3.63) is 47.9 Å². The Balaban J connectivity index is 1.86. The molecule has 0 atom stereocenters. The molecule has 0 aliphatic carbocycles. The number of benzene rings is 1. The molecule has 1 N–H and O–H groups in total. The molecule has 0 aliphatic rings. The Labute approximate surface area is 124 Å². The summed E-state index contributed by atoms with van der Waals surface area (Å²) in [5, 5.41) is 12.9. The van der Waals surface area contributed by atoms with Crippen molar-refractivity contribution in [2.75, 3.05) is 6.54 Å². The lowest BCUT2D eigenvalue weighted by atomic mass is 10.1. The maximum atomic E-state index is 4.16. The zero-order valence-electron chi connectivity index (χ0n) is 12.6. The lowest BCUT2D eigenvalue weighted by molar-refractivity contribution is 0.678. The Kier molecular flexibility index (Phi) is 4.01. The molecule has 3 rings (SSSR count). The van der Waals surface area contributed by atoms with Crippen molar-refractivity contribution in [1.29, 1.82) is 0 Å². The summed E-state index contributed by atoms with van der Waals surface area (Å²) in [4.78, 5) is 0. The van der Waals surface area contributed by atoms with Crippen LogP contribution in [0.1, 0.15) is 24.6 Å². The predicted molar refractivity (Wildman–Crippen MR) is 84.0 cm³/mol. The quantitative estimate of drug-likeness (QED) is 0.706. The summed E-state index contributed by atoms with van der Waals surface area (Å²) in [5.74, 6) is 0. The van der Waals surface area contributed by atoms with Gasteiger partial charge in [-0.25, -0.2) is 0 Å². The smallest absolute Gasteiger partial charge is 0.102 e. The topological polar surface area (TPSA) is 47.7 Å². The largest absolute Gasteiger partial charge is 0.341 e. The van der Waals surface area contributed by atoms with Crippen LogP contribution >= 0.6 is 0 Å². The second kappa shape index (κ2) is 6.10. The second-order valence-corrected chi connectivity index (χ2v) is 5.35. The Bertz CT molecular complexity index is 725. The maximum Gasteiger partial charge on any atom is 0.102 e. The van der Waals surface area contributed by atoms with Crippen molar-refractivity contribution in [2.24, 2.45) is 7.05 Å². The number of hydrogen-bond acceptors (Lipinski definition) is 3. The van der Waals surface area contributed by atoms with E-state index in [4.69, 9.17) is 0 Å². The fourth-order valence-electron chi connectivity index (χ4n) is 2.62. The normalized spacial score (nSPS) is 11.3. The summed E-state index contributed by atoms with van der Waals surface area (Å²) in [6.07, 6.45) is 5.24. The van der Waals surface area contributed by atoms with E-state index in [0.717, 1.165) is 31.7 Å². The fourth-order valence-corrected chi connectivity index (χ4v) is 2.62. The molecule has 0 aliphatic heterocycles. The van der Waals surface area contributed by atoms with Crippen LogP contribution in [0.25, 0.3) is 10.9 Å². The number of fused-ring (bicyclic) bond motifs is 1. The zero-order valence-corrected chi connectivity index (χ0v) is 12.6. The van der Waals surface area contributed by atoms with Crippen LogP contribution in [0.4, 0.5) is 0 Å². The van der Waals surface area contributed by atoms with Crippen LogP contribution in [-0.2, 0) is 20.1 Å². The highest BCUT2D eigenvalue weighted by molar-refractivity contribution is 5.83. The van der Waals surface area contributed by atoms with Gasteiger partial charge in [0.05, 0.1) is 6.54 Å². The Morgan fingerprint density at radius 1 is 1.24 bits per heavy atom. The third kappa shape index (κ3) is 2.97. The molecule has 0 unspecified atom stereocenters. The SMILES string of the molecule is CCCNCc1cccc2c1ccn2Cc1cn(C)nn1. The molecule has 5 nitrogen and oxygen atoms in total. The third-order valence-corrected chi connectivity index (χ3v) is 3.63. The number of nitrogens with one attached hydrogen (secondary N) is 1. The fraction of sp³-hybridized carbons (Fsp3) is 0.375. The molecule has 2 aromatic heterocycles. The standard InChI is InChI=1S/C16H21N5/c1-3-8-17-10-13-5-4-6-16-15(13)7-9-21(16)12-14-11-20(2)19-18-14/h4-7,9,11,17H,3,8,10,12H2,1-2H3. The van der Waals surface area contributed by atoms with E-state index in [9.17, 15) is 0 Å². The summed E-state index contributed by atoms with van der Waals surface area (Å²) in [6, 6.07) is 8.67. The molecule has 0 saturated carbocycles. The number of hydrogen-bond donors (Lipinski definition) is 1. The van der Waals surface area contributed by atoms with Gasteiger partial charge in [0.2, 0.25) is 0 Å². The summed E-state index contributed by atoms with van der Waals surface area (Å²) < 4.78 is 3.96. The minimum absolute atomic E-state index is 0.753. The molecule has 21 heavy (non-hydrogen) atoms. The summed E-state index contributed by atoms with van der Waals surface area (Å²) in [5.41, 5.74) is 3.57. The van der Waals surface area contributed by atoms with Gasteiger partial charge in [-0.15, -0.1) is 5.10 Å². The molecule has 0 saturated heterocycles. The van der Waals surface area contributed by atoms with Gasteiger partial charge in [0.1, 0.15) is 5.69 Å². The first kappa shape index (κ1) is 13.8. The van der Waals surface area contributed by atoms with Gasteiger partial charge >= 0.3 is 0 Å². The van der Waals surface area contributed by atoms with Gasteiger partial charge in [-0.3, -0.25) is 4.68 Å². The molecule has 0 spiro atoms. The highest BCUT2D eigenvalue weighted by Gasteiger charge is 2.07. The van der Waals surface area contributed by atoms with E-state index in [0.29, 0.717) is 0 Å². The monoisotopic (exact) mass is 283 g/mol. The summed E-state index contributed by atoms with van der Waals surface area (Å²) in [7, 11) is 1.89. The summed E-state index contributed by atoms with van der Waals surface area (Å²) in [6.45, 7) is 4.91. The molecule has 0 radical (unpaired) electrons. The van der Waals surface area contributed by atoms with Crippen molar-refractivity contribution in [1.82, 2.24) is 24.9 Å². The zero-order chi connectivity index (χ0) is 14.7. The number of aryl methyl sites for hydroxylation is 1.